The van der Waals surface area contributed by atoms with Gasteiger partial charge in [-0.2, -0.15) is 0 Å². The summed E-state index contributed by atoms with van der Waals surface area (Å²) in [5.41, 5.74) is 0. The maximum atomic E-state index is 12.1. The first-order valence-corrected chi connectivity index (χ1v) is 8.12. The minimum absolute atomic E-state index is 0.0727. The van der Waals surface area contributed by atoms with Crippen LogP contribution in [0.4, 0.5) is 0 Å². The summed E-state index contributed by atoms with van der Waals surface area (Å²) in [6.07, 6.45) is 0.490. The lowest BCUT2D eigenvalue weighted by atomic mass is 10.0. The average molecular weight is 299 g/mol. The standard InChI is InChI=1S/C13H17NO3S2/c1-8(2)6-9(13(16)17)14-11(15)7-19-12(14)10-4-3-5-18-10/h3-5,8-9,12H,6-7H2,1-2H3,(H,16,17)/t9-,12-/m0/s1. The Bertz CT molecular complexity index is 458. The second-order valence-electron chi connectivity index (χ2n) is 4.96. The largest absolute Gasteiger partial charge is 0.480 e. The number of carbonyl (C=O) groups is 2. The zero-order valence-corrected chi connectivity index (χ0v) is 12.5. The summed E-state index contributed by atoms with van der Waals surface area (Å²) in [4.78, 5) is 26.1. The molecule has 19 heavy (non-hydrogen) atoms. The topological polar surface area (TPSA) is 57.6 Å². The van der Waals surface area contributed by atoms with Gasteiger partial charge in [0.25, 0.3) is 0 Å². The lowest BCUT2D eigenvalue weighted by molar-refractivity contribution is -0.150. The second kappa shape index (κ2) is 5.96. The van der Waals surface area contributed by atoms with Gasteiger partial charge in [-0.1, -0.05) is 19.9 Å². The lowest BCUT2D eigenvalue weighted by Gasteiger charge is -2.30. The first-order chi connectivity index (χ1) is 9.00. The number of thioether (sulfide) groups is 1. The first-order valence-electron chi connectivity index (χ1n) is 6.19. The van der Waals surface area contributed by atoms with Crippen LogP contribution in [0.25, 0.3) is 0 Å². The molecule has 0 unspecified atom stereocenters. The number of hydrogen-bond acceptors (Lipinski definition) is 4. The van der Waals surface area contributed by atoms with Gasteiger partial charge in [0.15, 0.2) is 0 Å². The Kier molecular flexibility index (Phi) is 4.52. The molecule has 0 saturated carbocycles. The molecule has 1 aliphatic heterocycles. The van der Waals surface area contributed by atoms with Crippen molar-refractivity contribution < 1.29 is 14.7 Å². The van der Waals surface area contributed by atoms with Gasteiger partial charge in [0.05, 0.1) is 5.75 Å². The van der Waals surface area contributed by atoms with Gasteiger partial charge in [0.2, 0.25) is 5.91 Å². The fourth-order valence-corrected chi connectivity index (χ4v) is 4.39. The predicted octanol–water partition coefficient (Wildman–Crippen LogP) is 2.82. The predicted molar refractivity (Wildman–Crippen MR) is 77.2 cm³/mol. The summed E-state index contributed by atoms with van der Waals surface area (Å²) >= 11 is 3.08. The fourth-order valence-electron chi connectivity index (χ4n) is 2.20. The van der Waals surface area contributed by atoms with Gasteiger partial charge < -0.3 is 10.0 Å². The Morgan fingerprint density at radius 1 is 1.58 bits per heavy atom. The van der Waals surface area contributed by atoms with E-state index in [9.17, 15) is 14.7 Å². The van der Waals surface area contributed by atoms with Gasteiger partial charge in [-0.15, -0.1) is 23.1 Å². The summed E-state index contributed by atoms with van der Waals surface area (Å²) in [7, 11) is 0. The first kappa shape index (κ1) is 14.4. The van der Waals surface area contributed by atoms with Gasteiger partial charge in [-0.05, 0) is 23.8 Å². The number of amides is 1. The van der Waals surface area contributed by atoms with Crippen molar-refractivity contribution in [2.45, 2.75) is 31.7 Å². The van der Waals surface area contributed by atoms with Crippen molar-refractivity contribution >= 4 is 35.0 Å². The van der Waals surface area contributed by atoms with Crippen LogP contribution in [0.1, 0.15) is 30.5 Å². The van der Waals surface area contributed by atoms with Crippen molar-refractivity contribution in [1.82, 2.24) is 4.90 Å². The number of rotatable bonds is 5. The molecule has 1 aromatic heterocycles. The van der Waals surface area contributed by atoms with E-state index in [0.717, 1.165) is 4.88 Å². The molecular formula is C13H17NO3S2. The van der Waals surface area contributed by atoms with E-state index in [1.807, 2.05) is 31.4 Å². The average Bonchev–Trinajstić information content (AvgIpc) is 2.94. The summed E-state index contributed by atoms with van der Waals surface area (Å²) in [5.74, 6) is -0.379. The molecule has 4 nitrogen and oxygen atoms in total. The number of thiophene rings is 1. The molecule has 104 valence electrons. The quantitative estimate of drug-likeness (QED) is 0.908. The summed E-state index contributed by atoms with van der Waals surface area (Å²) in [5, 5.41) is 11.2. The molecule has 2 rings (SSSR count). The van der Waals surface area contributed by atoms with Crippen LogP contribution in [0.2, 0.25) is 0 Å². The summed E-state index contributed by atoms with van der Waals surface area (Å²) in [6.45, 7) is 3.95. The Balaban J connectivity index is 2.26. The van der Waals surface area contributed by atoms with E-state index in [4.69, 9.17) is 0 Å². The van der Waals surface area contributed by atoms with Crippen molar-refractivity contribution in [3.05, 3.63) is 22.4 Å². The Hall–Kier alpha value is -1.01. The van der Waals surface area contributed by atoms with E-state index >= 15 is 0 Å². The number of nitrogens with zero attached hydrogens (tertiary/aromatic N) is 1. The molecule has 1 fully saturated rings. The number of hydrogen-bond donors (Lipinski definition) is 1. The number of carboxylic acid groups (broad SMARTS) is 1. The highest BCUT2D eigenvalue weighted by atomic mass is 32.2. The Morgan fingerprint density at radius 3 is 2.84 bits per heavy atom. The van der Waals surface area contributed by atoms with E-state index in [2.05, 4.69) is 0 Å². The highest BCUT2D eigenvalue weighted by Crippen LogP contribution is 2.42. The van der Waals surface area contributed by atoms with Crippen molar-refractivity contribution in [1.29, 1.82) is 0 Å². The Labute approximate surface area is 120 Å². The van der Waals surface area contributed by atoms with Crippen LogP contribution < -0.4 is 0 Å². The number of carbonyl (C=O) groups excluding carboxylic acids is 1. The van der Waals surface area contributed by atoms with Crippen LogP contribution >= 0.6 is 23.1 Å². The zero-order chi connectivity index (χ0) is 14.0. The van der Waals surface area contributed by atoms with Gasteiger partial charge in [0, 0.05) is 4.88 Å². The zero-order valence-electron chi connectivity index (χ0n) is 10.9. The molecule has 1 amide bonds. The monoisotopic (exact) mass is 299 g/mol. The van der Waals surface area contributed by atoms with Crippen molar-refractivity contribution in [3.8, 4) is 0 Å². The SMILES string of the molecule is CC(C)C[C@@H](C(=O)O)N1C(=O)CS[C@H]1c1cccs1. The molecule has 6 heteroatoms. The third-order valence-electron chi connectivity index (χ3n) is 3.01. The molecule has 0 bridgehead atoms. The van der Waals surface area contributed by atoms with E-state index in [-0.39, 0.29) is 17.2 Å². The maximum Gasteiger partial charge on any atom is 0.326 e. The third kappa shape index (κ3) is 3.12. The minimum Gasteiger partial charge on any atom is -0.480 e. The van der Waals surface area contributed by atoms with E-state index in [1.165, 1.54) is 11.8 Å². The molecule has 0 spiro atoms. The summed E-state index contributed by atoms with van der Waals surface area (Å²) < 4.78 is 0. The fraction of sp³-hybridized carbons (Fsp3) is 0.538. The molecule has 0 aromatic carbocycles. The molecule has 0 aliphatic carbocycles. The van der Waals surface area contributed by atoms with Crippen molar-refractivity contribution in [2.24, 2.45) is 5.92 Å². The lowest BCUT2D eigenvalue weighted by Crippen LogP contribution is -2.44. The van der Waals surface area contributed by atoms with Crippen LogP contribution in [0, 0.1) is 5.92 Å². The number of aliphatic carboxylic acids is 1. The minimum atomic E-state index is -0.911. The molecular weight excluding hydrogens is 282 g/mol. The highest BCUT2D eigenvalue weighted by molar-refractivity contribution is 8.00. The van der Waals surface area contributed by atoms with Crippen molar-refractivity contribution in [2.75, 3.05) is 5.75 Å². The normalized spacial score (nSPS) is 21.1. The van der Waals surface area contributed by atoms with E-state index in [1.54, 1.807) is 16.2 Å². The highest BCUT2D eigenvalue weighted by Gasteiger charge is 2.41. The molecule has 1 aromatic rings. The van der Waals surface area contributed by atoms with Crippen LogP contribution in [0.15, 0.2) is 17.5 Å². The van der Waals surface area contributed by atoms with Gasteiger partial charge in [-0.3, -0.25) is 4.79 Å². The molecule has 1 N–H and O–H groups in total. The van der Waals surface area contributed by atoms with E-state index in [0.29, 0.717) is 12.2 Å². The maximum absolute atomic E-state index is 12.1. The van der Waals surface area contributed by atoms with Gasteiger partial charge in [0.1, 0.15) is 11.4 Å². The van der Waals surface area contributed by atoms with Crippen molar-refractivity contribution in [3.63, 3.8) is 0 Å². The van der Waals surface area contributed by atoms with Crippen LogP contribution in [0.5, 0.6) is 0 Å². The third-order valence-corrected chi connectivity index (χ3v) is 5.29. The molecule has 2 heterocycles. The molecule has 0 radical (unpaired) electrons. The van der Waals surface area contributed by atoms with Crippen LogP contribution in [0.3, 0.4) is 0 Å². The van der Waals surface area contributed by atoms with Crippen LogP contribution in [-0.4, -0.2) is 33.7 Å². The molecule has 1 aliphatic rings. The van der Waals surface area contributed by atoms with Gasteiger partial charge >= 0.3 is 5.97 Å². The second-order valence-corrected chi connectivity index (χ2v) is 7.01. The van der Waals surface area contributed by atoms with Crippen LogP contribution in [-0.2, 0) is 9.59 Å². The smallest absolute Gasteiger partial charge is 0.326 e. The summed E-state index contributed by atoms with van der Waals surface area (Å²) in [6, 6.07) is 3.16. The number of carboxylic acids is 1. The Morgan fingerprint density at radius 2 is 2.32 bits per heavy atom. The van der Waals surface area contributed by atoms with E-state index < -0.39 is 12.0 Å². The molecule has 1 saturated heterocycles. The molecule has 2 atom stereocenters. The van der Waals surface area contributed by atoms with Gasteiger partial charge in [-0.25, -0.2) is 4.79 Å².